The fourth-order valence-corrected chi connectivity index (χ4v) is 6.72. The summed E-state index contributed by atoms with van der Waals surface area (Å²) in [6.45, 7) is 15.4. The molecule has 1 N–H and O–H groups in total. The summed E-state index contributed by atoms with van der Waals surface area (Å²) in [6, 6.07) is 22.8. The van der Waals surface area contributed by atoms with Crippen LogP contribution in [0.25, 0.3) is 54.9 Å². The molecule has 6 rings (SSSR count). The first-order chi connectivity index (χ1) is 26.7. The molecule has 52 heavy (non-hydrogen) atoms. The molecule has 2 heterocycles. The molecule has 0 aliphatic carbocycles. The Labute approximate surface area is 332 Å². The van der Waals surface area contributed by atoms with Gasteiger partial charge in [-0.1, -0.05) is 122 Å². The summed E-state index contributed by atoms with van der Waals surface area (Å²) in [5.74, 6) is -0.886. The minimum atomic E-state index is -2.54. The number of benzene rings is 4. The number of allylic oxidation sites excluding steroid dienone is 2. The van der Waals surface area contributed by atoms with Crippen molar-refractivity contribution < 1.29 is 42.6 Å². The van der Waals surface area contributed by atoms with E-state index in [0.29, 0.717) is 27.8 Å². The van der Waals surface area contributed by atoms with E-state index in [1.807, 2.05) is 90.1 Å². The molecule has 0 fully saturated rings. The van der Waals surface area contributed by atoms with E-state index in [-0.39, 0.29) is 72.4 Å². The monoisotopic (exact) mass is 882 g/mol. The van der Waals surface area contributed by atoms with Crippen molar-refractivity contribution in [1.82, 2.24) is 9.97 Å². The summed E-state index contributed by atoms with van der Waals surface area (Å²) in [6.07, 6.45) is 1.50. The smallest absolute Gasteiger partial charge is 0.223 e. The Balaban J connectivity index is 0.000000374. The van der Waals surface area contributed by atoms with Gasteiger partial charge in [0.1, 0.15) is 11.4 Å². The van der Waals surface area contributed by atoms with E-state index in [0.717, 1.165) is 58.2 Å². The summed E-state index contributed by atoms with van der Waals surface area (Å²) in [7, 11) is 0. The molecule has 0 aliphatic heterocycles. The Morgan fingerprint density at radius 2 is 1.62 bits per heavy atom. The van der Waals surface area contributed by atoms with Crippen molar-refractivity contribution in [1.29, 1.82) is 0 Å². The number of nitrogens with zero attached hydrogens (tertiary/aromatic N) is 2. The topological polar surface area (TPSA) is 76.2 Å². The second kappa shape index (κ2) is 17.3. The van der Waals surface area contributed by atoms with Crippen LogP contribution >= 0.6 is 0 Å². The van der Waals surface area contributed by atoms with E-state index < -0.39 is 13.2 Å². The summed E-state index contributed by atoms with van der Waals surface area (Å²) in [4.78, 5) is 20.9. The van der Waals surface area contributed by atoms with E-state index in [1.54, 1.807) is 6.07 Å². The summed E-state index contributed by atoms with van der Waals surface area (Å²) in [5, 5.41) is 14.9. The number of hydrogen-bond acceptors (Lipinski definition) is 5. The molecule has 4 aromatic carbocycles. The van der Waals surface area contributed by atoms with Crippen molar-refractivity contribution >= 4 is 49.4 Å². The molecule has 0 amide bonds. The van der Waals surface area contributed by atoms with E-state index in [4.69, 9.17) is 12.6 Å². The van der Waals surface area contributed by atoms with Crippen molar-refractivity contribution in [3.63, 3.8) is 0 Å². The zero-order valence-electron chi connectivity index (χ0n) is 37.8. The van der Waals surface area contributed by atoms with Gasteiger partial charge in [-0.25, -0.2) is 0 Å². The average Bonchev–Trinajstić information content (AvgIpc) is 3.56. The quantitative estimate of drug-likeness (QED) is 0.0843. The van der Waals surface area contributed by atoms with Gasteiger partial charge in [-0.2, -0.15) is 4.98 Å². The fourth-order valence-electron chi connectivity index (χ4n) is 6.72. The largest absolute Gasteiger partial charge is 0.512 e. The van der Waals surface area contributed by atoms with Crippen LogP contribution in [0.2, 0.25) is 0 Å². The number of aromatic nitrogens is 2. The van der Waals surface area contributed by atoms with Gasteiger partial charge >= 0.3 is 0 Å². The van der Waals surface area contributed by atoms with Crippen molar-refractivity contribution in [2.24, 2.45) is 17.8 Å². The number of ketones is 1. The van der Waals surface area contributed by atoms with E-state index in [2.05, 4.69) is 42.9 Å². The molecular formula is C46H55IrN2O3-. The third-order valence-corrected chi connectivity index (χ3v) is 9.59. The molecule has 0 bridgehead atoms. The minimum absolute atomic E-state index is 0. The number of furan rings is 1. The van der Waals surface area contributed by atoms with Gasteiger partial charge in [0.05, 0.1) is 7.13 Å². The standard InChI is InChI=1S/C33H31N2O.C13H24O2.Ir/c1-19(2)15-21-11-13-26-23(16-21)12-14-27-29-30(34-20(3)35-32(29)36-31(26)27)24-17-22-9-7-8-10-25(22)28(18-24)33(4,5)6;1-5-10(6-2)12(14)9-13(15)11(7-3)8-4;/h7-14,16,18-19H,15H2,1-6H3;9-11,14H,5-8H2,1-4H3;/q-1;;/b;12-9-;/i3D3,15D2;9D;. The third kappa shape index (κ3) is 8.84. The first-order valence-electron chi connectivity index (χ1n) is 21.3. The molecule has 277 valence electrons. The first kappa shape index (κ1) is 32.8. The van der Waals surface area contributed by atoms with Gasteiger partial charge in [0.25, 0.3) is 0 Å². The van der Waals surface area contributed by atoms with Gasteiger partial charge in [0.15, 0.2) is 5.78 Å². The van der Waals surface area contributed by atoms with Gasteiger partial charge < -0.3 is 9.52 Å². The van der Waals surface area contributed by atoms with Crippen molar-refractivity contribution in [3.05, 3.63) is 95.5 Å². The molecule has 6 heteroatoms. The average molecular weight is 882 g/mol. The zero-order valence-corrected chi connectivity index (χ0v) is 34.2. The van der Waals surface area contributed by atoms with Gasteiger partial charge in [0, 0.05) is 66.7 Å². The van der Waals surface area contributed by atoms with Gasteiger partial charge in [-0.3, -0.25) is 9.78 Å². The number of hydrogen-bond donors (Lipinski definition) is 1. The zero-order chi connectivity index (χ0) is 42.2. The maximum atomic E-state index is 11.9. The maximum Gasteiger partial charge on any atom is 0.223 e. The van der Waals surface area contributed by atoms with Crippen LogP contribution in [0.3, 0.4) is 0 Å². The van der Waals surface area contributed by atoms with Crippen molar-refractivity contribution in [2.45, 2.75) is 107 Å². The predicted molar refractivity (Wildman–Crippen MR) is 214 cm³/mol. The second-order valence-electron chi connectivity index (χ2n) is 14.6. The van der Waals surface area contributed by atoms with Gasteiger partial charge in [-0.05, 0) is 61.2 Å². The molecule has 2 aromatic heterocycles. The molecule has 0 atom stereocenters. The molecule has 5 nitrogen and oxygen atoms in total. The number of carbonyl (C=O) groups excluding carboxylic acids is 1. The van der Waals surface area contributed by atoms with Crippen LogP contribution in [0.4, 0.5) is 0 Å². The Morgan fingerprint density at radius 1 is 0.942 bits per heavy atom. The van der Waals surface area contributed by atoms with Crippen LogP contribution in [0.1, 0.15) is 113 Å². The van der Waals surface area contributed by atoms with Crippen LogP contribution in [-0.2, 0) is 36.7 Å². The van der Waals surface area contributed by atoms with Crippen LogP contribution in [0.5, 0.6) is 0 Å². The Hall–Kier alpha value is -3.86. The summed E-state index contributed by atoms with van der Waals surface area (Å²) in [5.41, 5.74) is 3.41. The number of aliphatic hydroxyl groups is 1. The van der Waals surface area contributed by atoms with Gasteiger partial charge in [-0.15, -0.1) is 29.1 Å². The predicted octanol–water partition coefficient (Wildman–Crippen LogP) is 12.8. The van der Waals surface area contributed by atoms with Crippen LogP contribution < -0.4 is 0 Å². The van der Waals surface area contributed by atoms with Crippen LogP contribution in [-0.4, -0.2) is 20.9 Å². The first-order valence-corrected chi connectivity index (χ1v) is 18.3. The molecule has 0 unspecified atom stereocenters. The van der Waals surface area contributed by atoms with E-state index >= 15 is 0 Å². The molecule has 0 saturated heterocycles. The molecular weight excluding hydrogens is 821 g/mol. The van der Waals surface area contributed by atoms with Crippen molar-refractivity contribution in [3.8, 4) is 11.3 Å². The maximum absolute atomic E-state index is 11.9. The number of fused-ring (bicyclic) bond motifs is 6. The Morgan fingerprint density at radius 3 is 2.25 bits per heavy atom. The Kier molecular flexibility index (Phi) is 10.9. The Bertz CT molecular complexity index is 2460. The van der Waals surface area contributed by atoms with Crippen molar-refractivity contribution in [2.75, 3.05) is 0 Å². The molecule has 6 aromatic rings. The number of rotatable bonds is 10. The summed E-state index contributed by atoms with van der Waals surface area (Å²) < 4.78 is 55.4. The normalized spacial score (nSPS) is 14.7. The van der Waals surface area contributed by atoms with E-state index in [1.165, 1.54) is 0 Å². The SMILES string of the molecule is [2H]/C(C(=O)C(CC)CC)=C(/O)C(CC)CC.[2H]C([2H])([2H])c1nc(-c2[c-]c3ccccc3c(C(C)(C)C)c2)c2c(n1)oc1c3ccc(C([2H])([2H])C(C)C)cc3ccc12.[Ir]. The number of carbonyl (C=O) groups is 1. The second-order valence-corrected chi connectivity index (χ2v) is 14.6. The fraction of sp³-hybridized carbons (Fsp3) is 0.413. The number of aryl methyl sites for hydroxylation is 1. The van der Waals surface area contributed by atoms with Gasteiger partial charge in [0.2, 0.25) is 5.71 Å². The third-order valence-electron chi connectivity index (χ3n) is 9.59. The number of aliphatic hydroxyl groups excluding tert-OH is 1. The summed E-state index contributed by atoms with van der Waals surface area (Å²) >= 11 is 0. The van der Waals surface area contributed by atoms with E-state index in [9.17, 15) is 9.90 Å². The molecule has 0 aliphatic rings. The van der Waals surface area contributed by atoms with Crippen LogP contribution in [0.15, 0.2) is 76.9 Å². The molecule has 0 spiro atoms. The minimum Gasteiger partial charge on any atom is -0.512 e. The molecule has 0 saturated carbocycles. The molecule has 1 radical (unpaired) electrons. The van der Waals surface area contributed by atoms with Crippen LogP contribution in [0, 0.1) is 30.7 Å².